The molecule has 0 nitrogen and oxygen atoms in total. The van der Waals surface area contributed by atoms with E-state index in [0.29, 0.717) is 5.41 Å². The number of rotatable bonds is 5. The summed E-state index contributed by atoms with van der Waals surface area (Å²) in [4.78, 5) is 9.55. The summed E-state index contributed by atoms with van der Waals surface area (Å²) in [5, 5.41) is 0. The summed E-state index contributed by atoms with van der Waals surface area (Å²) in [6, 6.07) is 13.8. The Bertz CT molecular complexity index is 807. The second-order valence-corrected chi connectivity index (χ2v) is 27.9. The van der Waals surface area contributed by atoms with Crippen molar-refractivity contribution in [2.45, 2.75) is 82.3 Å². The molecule has 0 aromatic heterocycles. The Kier molecular flexibility index (Phi) is 6.66. The third kappa shape index (κ3) is 4.21. The Hall–Kier alpha value is -0.411. The van der Waals surface area contributed by atoms with Crippen LogP contribution in [0.2, 0.25) is 14.8 Å². The average Bonchev–Trinajstić information content (AvgIpc) is 3.02. The van der Waals surface area contributed by atoms with Crippen LogP contribution in [-0.2, 0) is 5.41 Å². The molecule has 152 valence electrons. The molecular weight excluding hydrogens is 463 g/mol. The van der Waals surface area contributed by atoms with Crippen molar-refractivity contribution in [3.05, 3.63) is 64.2 Å². The zero-order valence-electron chi connectivity index (χ0n) is 19.1. The monoisotopic (exact) mass is 502 g/mol. The number of hydrogen-bond acceptors (Lipinski definition) is 1. The fourth-order valence-electron chi connectivity index (χ4n) is 5.20. The molecule has 0 unspecified atom stereocenters. The molecule has 0 amide bonds. The SMILES string of the molecule is Cc1cc(C)c(C)c(S[C@@H]([C@@H]2CCC[C@@]2(C)c2ccccc2)[Sn]([CH3])([CH3])[CH3])c1C. The van der Waals surface area contributed by atoms with Crippen molar-refractivity contribution in [1.82, 2.24) is 0 Å². The van der Waals surface area contributed by atoms with Gasteiger partial charge in [0.15, 0.2) is 0 Å². The van der Waals surface area contributed by atoms with E-state index in [1.807, 2.05) is 0 Å². The number of thioether (sulfide) groups is 1. The van der Waals surface area contributed by atoms with Crippen LogP contribution in [-0.4, -0.2) is 21.6 Å². The van der Waals surface area contributed by atoms with Crippen LogP contribution in [0, 0.1) is 33.6 Å². The zero-order valence-corrected chi connectivity index (χ0v) is 22.8. The van der Waals surface area contributed by atoms with E-state index in [2.05, 4.69) is 97.6 Å². The molecular formula is C26H38SSn. The Morgan fingerprint density at radius 2 is 1.54 bits per heavy atom. The number of benzene rings is 2. The Morgan fingerprint density at radius 3 is 2.07 bits per heavy atom. The number of hydrogen-bond donors (Lipinski definition) is 0. The van der Waals surface area contributed by atoms with Gasteiger partial charge in [-0.05, 0) is 0 Å². The standard InChI is InChI=1S/C23H29S.3CH3.Sn/c1-16-14-17(2)19(4)22(18(16)3)24-15-21-12-9-13-23(21,5)20-10-7-6-8-11-20;;;;/h6-8,10-11,14-15,21H,9,12-13H2,1-5H3;3*1H3;/t21-,23-;;;;/m0..../s1. The van der Waals surface area contributed by atoms with Crippen LogP contribution >= 0.6 is 11.8 Å². The topological polar surface area (TPSA) is 0 Å². The second kappa shape index (κ2) is 8.38. The van der Waals surface area contributed by atoms with Crippen LogP contribution in [0.4, 0.5) is 0 Å². The molecule has 1 aliphatic rings. The van der Waals surface area contributed by atoms with Crippen molar-refractivity contribution in [2.75, 3.05) is 0 Å². The summed E-state index contributed by atoms with van der Waals surface area (Å²) in [5.41, 5.74) is 7.80. The van der Waals surface area contributed by atoms with E-state index < -0.39 is 18.4 Å². The maximum absolute atomic E-state index is 2.66. The first-order chi connectivity index (χ1) is 13.1. The second-order valence-electron chi connectivity index (χ2n) is 10.3. The predicted molar refractivity (Wildman–Crippen MR) is 130 cm³/mol. The van der Waals surface area contributed by atoms with E-state index in [1.54, 1.807) is 10.5 Å². The van der Waals surface area contributed by atoms with Gasteiger partial charge in [0.1, 0.15) is 0 Å². The van der Waals surface area contributed by atoms with Crippen molar-refractivity contribution in [2.24, 2.45) is 5.92 Å². The Balaban J connectivity index is 2.05. The summed E-state index contributed by atoms with van der Waals surface area (Å²) in [5.74, 6) is 0.787. The van der Waals surface area contributed by atoms with Crippen molar-refractivity contribution in [1.29, 1.82) is 0 Å². The van der Waals surface area contributed by atoms with Crippen LogP contribution in [0.15, 0.2) is 41.3 Å². The molecule has 1 aliphatic carbocycles. The molecule has 2 aromatic rings. The summed E-state index contributed by atoms with van der Waals surface area (Å²) in [6.45, 7) is 11.8. The van der Waals surface area contributed by atoms with Gasteiger partial charge in [-0.15, -0.1) is 0 Å². The molecule has 3 atom stereocenters. The molecule has 0 bridgehead atoms. The van der Waals surface area contributed by atoms with Crippen LogP contribution in [0.25, 0.3) is 0 Å². The van der Waals surface area contributed by atoms with Crippen LogP contribution in [0.1, 0.15) is 54.0 Å². The summed E-state index contributed by atoms with van der Waals surface area (Å²) >= 11 is 0.0564. The van der Waals surface area contributed by atoms with E-state index in [1.165, 1.54) is 41.5 Å². The minimum absolute atomic E-state index is 0.323. The van der Waals surface area contributed by atoms with Gasteiger partial charge in [0.05, 0.1) is 0 Å². The van der Waals surface area contributed by atoms with Gasteiger partial charge in [-0.2, -0.15) is 0 Å². The van der Waals surface area contributed by atoms with E-state index in [-0.39, 0.29) is 0 Å². The van der Waals surface area contributed by atoms with E-state index >= 15 is 0 Å². The van der Waals surface area contributed by atoms with E-state index in [4.69, 9.17) is 0 Å². The van der Waals surface area contributed by atoms with Gasteiger partial charge >= 0.3 is 183 Å². The molecule has 28 heavy (non-hydrogen) atoms. The van der Waals surface area contributed by atoms with Gasteiger partial charge in [0.2, 0.25) is 0 Å². The molecule has 0 radical (unpaired) electrons. The van der Waals surface area contributed by atoms with Crippen molar-refractivity contribution in [3.63, 3.8) is 0 Å². The molecule has 0 saturated heterocycles. The van der Waals surface area contributed by atoms with Gasteiger partial charge in [0, 0.05) is 0 Å². The third-order valence-electron chi connectivity index (χ3n) is 7.22. The van der Waals surface area contributed by atoms with E-state index in [9.17, 15) is 0 Å². The molecule has 1 saturated carbocycles. The van der Waals surface area contributed by atoms with Crippen LogP contribution < -0.4 is 0 Å². The maximum atomic E-state index is 2.66. The predicted octanol–water partition coefficient (Wildman–Crippen LogP) is 8.02. The molecule has 0 spiro atoms. The normalized spacial score (nSPS) is 23.8. The molecule has 2 aromatic carbocycles. The first-order valence-electron chi connectivity index (χ1n) is 10.9. The molecule has 0 heterocycles. The first-order valence-corrected chi connectivity index (χ1v) is 21.9. The Morgan fingerprint density at radius 1 is 0.964 bits per heavy atom. The summed E-state index contributed by atoms with van der Waals surface area (Å²) in [7, 11) is 0. The van der Waals surface area contributed by atoms with Gasteiger partial charge in [-0.3, -0.25) is 0 Å². The minimum atomic E-state index is -2.21. The van der Waals surface area contributed by atoms with Crippen molar-refractivity contribution >= 4 is 30.1 Å². The van der Waals surface area contributed by atoms with Gasteiger partial charge < -0.3 is 0 Å². The zero-order chi connectivity index (χ0) is 20.7. The summed E-state index contributed by atoms with van der Waals surface area (Å²) < 4.78 is 0.806. The van der Waals surface area contributed by atoms with Crippen LogP contribution in [0.5, 0.6) is 0 Å². The average molecular weight is 501 g/mol. The van der Waals surface area contributed by atoms with Gasteiger partial charge in [-0.25, -0.2) is 0 Å². The molecule has 2 heteroatoms. The third-order valence-corrected chi connectivity index (χ3v) is 20.4. The first kappa shape index (κ1) is 22.3. The van der Waals surface area contributed by atoms with Gasteiger partial charge in [0.25, 0.3) is 0 Å². The molecule has 0 aliphatic heterocycles. The fourth-order valence-corrected chi connectivity index (χ4v) is 16.1. The summed E-state index contributed by atoms with van der Waals surface area (Å²) in [6.07, 6.45) is 4.10. The Labute approximate surface area is 181 Å². The molecule has 0 N–H and O–H groups in total. The molecule has 1 fully saturated rings. The fraction of sp³-hybridized carbons (Fsp3) is 0.538. The molecule has 3 rings (SSSR count). The van der Waals surface area contributed by atoms with Crippen LogP contribution in [0.3, 0.4) is 0 Å². The van der Waals surface area contributed by atoms with Crippen molar-refractivity contribution < 1.29 is 0 Å². The van der Waals surface area contributed by atoms with E-state index in [0.717, 1.165) is 9.18 Å². The van der Waals surface area contributed by atoms with Gasteiger partial charge in [-0.1, -0.05) is 0 Å². The number of aryl methyl sites for hydroxylation is 2. The van der Waals surface area contributed by atoms with Crippen molar-refractivity contribution in [3.8, 4) is 0 Å². The quantitative estimate of drug-likeness (QED) is 0.295.